The first-order valence-electron chi connectivity index (χ1n) is 7.12. The van der Waals surface area contributed by atoms with Crippen molar-refractivity contribution in [3.63, 3.8) is 0 Å². The van der Waals surface area contributed by atoms with E-state index in [-0.39, 0.29) is 11.6 Å². The van der Waals surface area contributed by atoms with Crippen molar-refractivity contribution >= 4 is 11.9 Å². The van der Waals surface area contributed by atoms with Crippen LogP contribution in [0.3, 0.4) is 0 Å². The fraction of sp³-hybridized carbons (Fsp3) is 0.533. The maximum atomic E-state index is 12.1. The van der Waals surface area contributed by atoms with E-state index in [0.29, 0.717) is 18.8 Å². The number of pyridine rings is 1. The smallest absolute Gasteiger partial charge is 0.326 e. The molecular formula is C15H20N2O4. The molecule has 6 heteroatoms. The van der Waals surface area contributed by atoms with Gasteiger partial charge in [0.25, 0.3) is 5.91 Å². The lowest BCUT2D eigenvalue weighted by atomic mass is 10.0. The molecule has 6 nitrogen and oxygen atoms in total. The van der Waals surface area contributed by atoms with Gasteiger partial charge in [-0.05, 0) is 36.8 Å². The van der Waals surface area contributed by atoms with Crippen molar-refractivity contribution in [3.8, 4) is 5.75 Å². The normalized spacial score (nSPS) is 15.0. The summed E-state index contributed by atoms with van der Waals surface area (Å²) >= 11 is 0. The molecule has 0 radical (unpaired) electrons. The second-order valence-corrected chi connectivity index (χ2v) is 5.62. The molecule has 2 N–H and O–H groups in total. The average Bonchev–Trinajstić information content (AvgIpc) is 2.45. The van der Waals surface area contributed by atoms with Crippen LogP contribution in [-0.4, -0.2) is 34.6 Å². The molecule has 0 unspecified atom stereocenters. The van der Waals surface area contributed by atoms with E-state index in [1.165, 1.54) is 6.20 Å². The van der Waals surface area contributed by atoms with Gasteiger partial charge in [-0.1, -0.05) is 13.8 Å². The number of nitrogens with one attached hydrogen (secondary N) is 1. The number of carboxylic acid groups (broad SMARTS) is 1. The first kappa shape index (κ1) is 15.3. The Hall–Kier alpha value is -2.11. The van der Waals surface area contributed by atoms with E-state index in [9.17, 15) is 9.59 Å². The maximum Gasteiger partial charge on any atom is 0.326 e. The Bertz CT molecular complexity index is 542. The molecule has 114 valence electrons. The molecule has 0 fully saturated rings. The van der Waals surface area contributed by atoms with Crippen molar-refractivity contribution in [3.05, 3.63) is 23.5 Å². The van der Waals surface area contributed by atoms with Gasteiger partial charge >= 0.3 is 5.97 Å². The third-order valence-corrected chi connectivity index (χ3v) is 3.34. The highest BCUT2D eigenvalue weighted by molar-refractivity contribution is 5.95. The lowest BCUT2D eigenvalue weighted by molar-refractivity contribution is -0.139. The highest BCUT2D eigenvalue weighted by Crippen LogP contribution is 2.24. The zero-order valence-corrected chi connectivity index (χ0v) is 12.3. The predicted molar refractivity (Wildman–Crippen MR) is 76.4 cm³/mol. The molecular weight excluding hydrogens is 272 g/mol. The van der Waals surface area contributed by atoms with Crippen molar-refractivity contribution in [1.29, 1.82) is 0 Å². The summed E-state index contributed by atoms with van der Waals surface area (Å²) in [7, 11) is 0. The lowest BCUT2D eigenvalue weighted by Gasteiger charge is -2.18. The van der Waals surface area contributed by atoms with Crippen LogP contribution in [-0.2, 0) is 11.2 Å². The topological polar surface area (TPSA) is 88.5 Å². The molecule has 1 amide bonds. The van der Waals surface area contributed by atoms with Gasteiger partial charge < -0.3 is 15.2 Å². The van der Waals surface area contributed by atoms with Crippen molar-refractivity contribution in [2.24, 2.45) is 5.92 Å². The largest absolute Gasteiger partial charge is 0.492 e. The maximum absolute atomic E-state index is 12.1. The van der Waals surface area contributed by atoms with Gasteiger partial charge in [-0.3, -0.25) is 4.79 Å². The molecule has 1 aromatic rings. The lowest BCUT2D eigenvalue weighted by Crippen LogP contribution is -2.42. The number of aryl methyl sites for hydroxylation is 1. The number of amides is 1. The molecule has 1 aliphatic rings. The predicted octanol–water partition coefficient (Wildman–Crippen LogP) is 1.64. The van der Waals surface area contributed by atoms with Crippen LogP contribution in [0.4, 0.5) is 0 Å². The minimum atomic E-state index is -1.03. The minimum Gasteiger partial charge on any atom is -0.492 e. The fourth-order valence-corrected chi connectivity index (χ4v) is 2.30. The van der Waals surface area contributed by atoms with Crippen LogP contribution in [0.1, 0.15) is 42.7 Å². The SMILES string of the molecule is CC(C)C[C@@H](NC(=O)c1cc2c(cn1)OCCC2)C(=O)O. The van der Waals surface area contributed by atoms with E-state index >= 15 is 0 Å². The number of carboxylic acids is 1. The van der Waals surface area contributed by atoms with Crippen LogP contribution >= 0.6 is 0 Å². The van der Waals surface area contributed by atoms with Gasteiger partial charge in [0.1, 0.15) is 17.5 Å². The Morgan fingerprint density at radius 1 is 1.48 bits per heavy atom. The van der Waals surface area contributed by atoms with Crippen LogP contribution in [0.5, 0.6) is 5.75 Å². The van der Waals surface area contributed by atoms with E-state index in [4.69, 9.17) is 9.84 Å². The van der Waals surface area contributed by atoms with Crippen LogP contribution in [0.2, 0.25) is 0 Å². The van der Waals surface area contributed by atoms with E-state index in [2.05, 4.69) is 10.3 Å². The zero-order valence-electron chi connectivity index (χ0n) is 12.3. The Morgan fingerprint density at radius 2 is 2.24 bits per heavy atom. The van der Waals surface area contributed by atoms with E-state index in [1.807, 2.05) is 13.8 Å². The molecule has 1 atom stereocenters. The highest BCUT2D eigenvalue weighted by Gasteiger charge is 2.23. The van der Waals surface area contributed by atoms with E-state index < -0.39 is 17.9 Å². The number of aliphatic carboxylic acids is 1. The van der Waals surface area contributed by atoms with Gasteiger partial charge in [-0.25, -0.2) is 9.78 Å². The van der Waals surface area contributed by atoms with Crippen LogP contribution < -0.4 is 10.1 Å². The van der Waals surface area contributed by atoms with Crippen molar-refractivity contribution < 1.29 is 19.4 Å². The Kier molecular flexibility index (Phi) is 4.77. The Labute approximate surface area is 123 Å². The number of ether oxygens (including phenoxy) is 1. The van der Waals surface area contributed by atoms with Crippen molar-refractivity contribution in [2.45, 2.75) is 39.2 Å². The van der Waals surface area contributed by atoms with Gasteiger partial charge in [-0.2, -0.15) is 0 Å². The molecule has 0 spiro atoms. The third kappa shape index (κ3) is 3.93. The summed E-state index contributed by atoms with van der Waals surface area (Å²) in [4.78, 5) is 27.4. The summed E-state index contributed by atoms with van der Waals surface area (Å²) < 4.78 is 5.44. The summed E-state index contributed by atoms with van der Waals surface area (Å²) in [6.45, 7) is 4.49. The number of aromatic nitrogens is 1. The molecule has 0 bridgehead atoms. The van der Waals surface area contributed by atoms with Crippen molar-refractivity contribution in [2.75, 3.05) is 6.61 Å². The first-order chi connectivity index (χ1) is 9.97. The zero-order chi connectivity index (χ0) is 15.4. The molecule has 0 aliphatic carbocycles. The summed E-state index contributed by atoms with van der Waals surface area (Å²) in [5.74, 6) is -0.610. The summed E-state index contributed by atoms with van der Waals surface area (Å²) in [5, 5.41) is 11.7. The second kappa shape index (κ2) is 6.56. The standard InChI is InChI=1S/C15H20N2O4/c1-9(2)6-12(15(19)20)17-14(18)11-7-10-4-3-5-21-13(10)8-16-11/h7-9,12H,3-6H2,1-2H3,(H,17,18)(H,19,20)/t12-/m1/s1. The highest BCUT2D eigenvalue weighted by atomic mass is 16.5. The summed E-state index contributed by atoms with van der Waals surface area (Å²) in [5.41, 5.74) is 1.17. The van der Waals surface area contributed by atoms with E-state index in [1.54, 1.807) is 6.07 Å². The van der Waals surface area contributed by atoms with Gasteiger partial charge in [0.15, 0.2) is 0 Å². The van der Waals surface area contributed by atoms with Crippen molar-refractivity contribution in [1.82, 2.24) is 10.3 Å². The Balaban J connectivity index is 2.10. The number of carbonyl (C=O) groups excluding carboxylic acids is 1. The molecule has 2 heterocycles. The van der Waals surface area contributed by atoms with Crippen LogP contribution in [0.25, 0.3) is 0 Å². The van der Waals surface area contributed by atoms with Gasteiger partial charge in [-0.15, -0.1) is 0 Å². The molecule has 0 saturated heterocycles. The van der Waals surface area contributed by atoms with Gasteiger partial charge in [0, 0.05) is 0 Å². The quantitative estimate of drug-likeness (QED) is 0.861. The van der Waals surface area contributed by atoms with Crippen LogP contribution in [0.15, 0.2) is 12.3 Å². The number of nitrogens with zero attached hydrogens (tertiary/aromatic N) is 1. The van der Waals surface area contributed by atoms with Gasteiger partial charge in [0.05, 0.1) is 12.8 Å². The Morgan fingerprint density at radius 3 is 2.90 bits per heavy atom. The fourth-order valence-electron chi connectivity index (χ4n) is 2.30. The molecule has 1 aliphatic heterocycles. The number of carbonyl (C=O) groups is 2. The second-order valence-electron chi connectivity index (χ2n) is 5.62. The summed E-state index contributed by atoms with van der Waals surface area (Å²) in [6, 6.07) is 0.782. The van der Waals surface area contributed by atoms with Crippen LogP contribution in [0, 0.1) is 5.92 Å². The molecule has 0 saturated carbocycles. The summed E-state index contributed by atoms with van der Waals surface area (Å²) in [6.07, 6.45) is 3.66. The first-order valence-corrected chi connectivity index (χ1v) is 7.12. The molecule has 21 heavy (non-hydrogen) atoms. The molecule has 1 aromatic heterocycles. The van der Waals surface area contributed by atoms with E-state index in [0.717, 1.165) is 18.4 Å². The average molecular weight is 292 g/mol. The number of fused-ring (bicyclic) bond motifs is 1. The number of hydrogen-bond acceptors (Lipinski definition) is 4. The molecule has 0 aromatic carbocycles. The third-order valence-electron chi connectivity index (χ3n) is 3.34. The number of rotatable bonds is 5. The number of hydrogen-bond donors (Lipinski definition) is 2. The minimum absolute atomic E-state index is 0.177. The molecule has 2 rings (SSSR count). The van der Waals surface area contributed by atoms with Gasteiger partial charge in [0.2, 0.25) is 0 Å². The monoisotopic (exact) mass is 292 g/mol.